The van der Waals surface area contributed by atoms with E-state index in [4.69, 9.17) is 0 Å². The Morgan fingerprint density at radius 3 is 2.89 bits per heavy atom. The van der Waals surface area contributed by atoms with Crippen molar-refractivity contribution < 1.29 is 61.3 Å². The van der Waals surface area contributed by atoms with E-state index >= 15 is 0 Å². The van der Waals surface area contributed by atoms with Crippen molar-refractivity contribution in [3.8, 4) is 11.4 Å². The first-order valence-electron chi connectivity index (χ1n) is 5.37. The molecule has 0 amide bonds. The van der Waals surface area contributed by atoms with Gasteiger partial charge >= 0.3 is 51.4 Å². The summed E-state index contributed by atoms with van der Waals surface area (Å²) in [5, 5.41) is 15.1. The van der Waals surface area contributed by atoms with Gasteiger partial charge in [0.05, 0.1) is 17.4 Å². The molecule has 0 saturated heterocycles. The van der Waals surface area contributed by atoms with E-state index in [1.807, 2.05) is 22.6 Å². The van der Waals surface area contributed by atoms with Crippen molar-refractivity contribution in [3.63, 3.8) is 0 Å². The first-order chi connectivity index (χ1) is 8.58. The average Bonchev–Trinajstić information content (AvgIpc) is 2.67. The molecule has 92 valence electrons. The van der Waals surface area contributed by atoms with Crippen molar-refractivity contribution in [2.75, 3.05) is 0 Å². The van der Waals surface area contributed by atoms with Gasteiger partial charge in [-0.15, -0.1) is 0 Å². The van der Waals surface area contributed by atoms with Crippen LogP contribution in [0.3, 0.4) is 0 Å². The molecule has 2 aromatic heterocycles. The topological polar surface area (TPSA) is 83.7 Å². The molecule has 3 rings (SSSR count). The number of fused-ring (bicyclic) bond motifs is 3. The molecule has 1 aliphatic carbocycles. The van der Waals surface area contributed by atoms with E-state index in [-0.39, 0.29) is 57.1 Å². The van der Waals surface area contributed by atoms with Gasteiger partial charge in [0.15, 0.2) is 3.83 Å². The SMILES string of the molecule is Cn1nc(C(=O)[O-])c2c1-c1nc(I)ncc1CC2.[K+]. The number of nitrogens with zero attached hydrogens (tertiary/aromatic N) is 4. The maximum atomic E-state index is 11.0. The molecule has 0 unspecified atom stereocenters. The summed E-state index contributed by atoms with van der Waals surface area (Å²) in [5.74, 6) is -1.24. The van der Waals surface area contributed by atoms with Crippen LogP contribution in [-0.4, -0.2) is 25.7 Å². The fraction of sp³-hybridized carbons (Fsp3) is 0.273. The molecule has 2 aromatic rings. The molecule has 0 fully saturated rings. The summed E-state index contributed by atoms with van der Waals surface area (Å²) in [6.07, 6.45) is 3.15. The van der Waals surface area contributed by atoms with Crippen LogP contribution < -0.4 is 56.5 Å². The number of carbonyl (C=O) groups is 1. The van der Waals surface area contributed by atoms with Gasteiger partial charge < -0.3 is 9.90 Å². The Morgan fingerprint density at radius 2 is 2.21 bits per heavy atom. The summed E-state index contributed by atoms with van der Waals surface area (Å²) >= 11 is 2.04. The van der Waals surface area contributed by atoms with Crippen LogP contribution in [0, 0.1) is 3.83 Å². The number of hydrogen-bond donors (Lipinski definition) is 0. The quantitative estimate of drug-likeness (QED) is 0.292. The van der Waals surface area contributed by atoms with Crippen molar-refractivity contribution in [2.45, 2.75) is 12.8 Å². The maximum absolute atomic E-state index is 11.0. The van der Waals surface area contributed by atoms with Crippen molar-refractivity contribution in [1.82, 2.24) is 19.7 Å². The van der Waals surface area contributed by atoms with Gasteiger partial charge in [-0.2, -0.15) is 5.10 Å². The van der Waals surface area contributed by atoms with Crippen LogP contribution in [0.25, 0.3) is 11.4 Å². The molecule has 0 atom stereocenters. The van der Waals surface area contributed by atoms with Crippen LogP contribution >= 0.6 is 22.6 Å². The van der Waals surface area contributed by atoms with Crippen molar-refractivity contribution in [2.24, 2.45) is 7.05 Å². The molecule has 6 nitrogen and oxygen atoms in total. The molecule has 0 aromatic carbocycles. The molecular formula is C11H8IKN4O2. The molecule has 0 saturated carbocycles. The first-order valence-corrected chi connectivity index (χ1v) is 6.45. The van der Waals surface area contributed by atoms with E-state index in [2.05, 4.69) is 15.1 Å². The minimum absolute atomic E-state index is 0. The number of rotatable bonds is 1. The second kappa shape index (κ2) is 5.86. The summed E-state index contributed by atoms with van der Waals surface area (Å²) in [5.41, 5.74) is 3.29. The number of aryl methyl sites for hydroxylation is 2. The van der Waals surface area contributed by atoms with Crippen LogP contribution in [0.15, 0.2) is 6.20 Å². The third-order valence-corrected chi connectivity index (χ3v) is 3.56. The minimum atomic E-state index is -1.24. The van der Waals surface area contributed by atoms with E-state index in [9.17, 15) is 9.90 Å². The minimum Gasteiger partial charge on any atom is -0.543 e. The summed E-state index contributed by atoms with van der Waals surface area (Å²) in [4.78, 5) is 19.6. The number of halogens is 1. The van der Waals surface area contributed by atoms with Crippen LogP contribution in [0.5, 0.6) is 0 Å². The predicted octanol–water partition coefficient (Wildman–Crippen LogP) is -3.05. The molecule has 0 N–H and O–H groups in total. The van der Waals surface area contributed by atoms with E-state index in [1.165, 1.54) is 0 Å². The van der Waals surface area contributed by atoms with Gasteiger partial charge in [0.25, 0.3) is 0 Å². The summed E-state index contributed by atoms with van der Waals surface area (Å²) in [6, 6.07) is 0. The number of carboxylic acid groups (broad SMARTS) is 1. The predicted molar refractivity (Wildman–Crippen MR) is 68.7 cm³/mol. The molecule has 0 spiro atoms. The Labute approximate surface area is 165 Å². The number of carbonyl (C=O) groups excluding carboxylic acids is 1. The van der Waals surface area contributed by atoms with Crippen LogP contribution in [0.4, 0.5) is 0 Å². The Balaban J connectivity index is 0.00000133. The second-order valence-corrected chi connectivity index (χ2v) is 5.06. The Morgan fingerprint density at radius 1 is 1.47 bits per heavy atom. The Hall–Kier alpha value is 0.126. The zero-order valence-electron chi connectivity index (χ0n) is 10.5. The van der Waals surface area contributed by atoms with E-state index in [0.29, 0.717) is 15.8 Å². The number of hydrogen-bond acceptors (Lipinski definition) is 5. The number of aromatic nitrogens is 4. The van der Waals surface area contributed by atoms with E-state index in [1.54, 1.807) is 17.9 Å². The maximum Gasteiger partial charge on any atom is 1.00 e. The van der Waals surface area contributed by atoms with Crippen LogP contribution in [0.2, 0.25) is 0 Å². The molecule has 2 heterocycles. The van der Waals surface area contributed by atoms with Gasteiger partial charge in [-0.25, -0.2) is 9.97 Å². The first kappa shape index (κ1) is 15.5. The van der Waals surface area contributed by atoms with Gasteiger partial charge in [0.2, 0.25) is 0 Å². The van der Waals surface area contributed by atoms with Crippen molar-refractivity contribution in [3.05, 3.63) is 26.8 Å². The normalized spacial score (nSPS) is 12.3. The third-order valence-electron chi connectivity index (χ3n) is 3.04. The van der Waals surface area contributed by atoms with Gasteiger partial charge in [-0.3, -0.25) is 4.68 Å². The summed E-state index contributed by atoms with van der Waals surface area (Å²) in [6.45, 7) is 0. The monoisotopic (exact) mass is 394 g/mol. The number of aromatic carboxylic acids is 1. The van der Waals surface area contributed by atoms with E-state index < -0.39 is 5.97 Å². The molecule has 0 aliphatic heterocycles. The molecule has 0 bridgehead atoms. The summed E-state index contributed by atoms with van der Waals surface area (Å²) < 4.78 is 2.19. The molecule has 19 heavy (non-hydrogen) atoms. The van der Waals surface area contributed by atoms with Gasteiger partial charge in [-0.05, 0) is 18.4 Å². The van der Waals surface area contributed by atoms with E-state index in [0.717, 1.165) is 23.4 Å². The van der Waals surface area contributed by atoms with Gasteiger partial charge in [0, 0.05) is 41.4 Å². The Bertz CT molecular complexity index is 671. The third kappa shape index (κ3) is 2.66. The molecular weight excluding hydrogens is 386 g/mol. The number of carboxylic acids is 1. The molecule has 1 aliphatic rings. The zero-order chi connectivity index (χ0) is 12.9. The van der Waals surface area contributed by atoms with Crippen LogP contribution in [-0.2, 0) is 19.9 Å². The average molecular weight is 394 g/mol. The van der Waals surface area contributed by atoms with Gasteiger partial charge in [0.1, 0.15) is 5.69 Å². The Kier molecular flexibility index (Phi) is 4.78. The largest absolute Gasteiger partial charge is 1.00 e. The van der Waals surface area contributed by atoms with Gasteiger partial charge in [-0.1, -0.05) is 0 Å². The fourth-order valence-corrected chi connectivity index (χ4v) is 2.68. The van der Waals surface area contributed by atoms with Crippen LogP contribution in [0.1, 0.15) is 21.6 Å². The zero-order valence-corrected chi connectivity index (χ0v) is 15.8. The molecule has 8 heteroatoms. The second-order valence-electron chi connectivity index (χ2n) is 4.10. The summed E-state index contributed by atoms with van der Waals surface area (Å²) in [7, 11) is 1.72. The van der Waals surface area contributed by atoms with Crippen molar-refractivity contribution >= 4 is 28.6 Å². The van der Waals surface area contributed by atoms with Crippen molar-refractivity contribution in [1.29, 1.82) is 0 Å². The smallest absolute Gasteiger partial charge is 0.543 e. The standard InChI is InChI=1S/C11H9IN4O2.K/c1-16-9-6(8(15-16)10(17)18)3-2-5-4-13-11(12)14-7(5)9;/h4H,2-3H2,1H3,(H,17,18);/q;+1/p-1. The fourth-order valence-electron chi connectivity index (χ4n) is 2.30. The molecule has 0 radical (unpaired) electrons.